The summed E-state index contributed by atoms with van der Waals surface area (Å²) in [6.45, 7) is 6.12. The highest BCUT2D eigenvalue weighted by molar-refractivity contribution is 5.30. The summed E-state index contributed by atoms with van der Waals surface area (Å²) >= 11 is 0. The molecule has 0 radical (unpaired) electrons. The van der Waals surface area contributed by atoms with E-state index >= 15 is 0 Å². The maximum Gasteiger partial charge on any atom is 0.123 e. The second-order valence-corrected chi connectivity index (χ2v) is 6.16. The molecule has 1 aliphatic rings. The summed E-state index contributed by atoms with van der Waals surface area (Å²) in [5, 5.41) is 3.37. The molecule has 4 heteroatoms. The highest BCUT2D eigenvalue weighted by atomic mass is 19.1. The first-order valence-electron chi connectivity index (χ1n) is 8.68. The predicted molar refractivity (Wildman–Crippen MR) is 94.6 cm³/mol. The van der Waals surface area contributed by atoms with E-state index in [1.807, 2.05) is 30.3 Å². The molecule has 1 saturated heterocycles. The number of hydrogen-bond acceptors (Lipinski definition) is 3. The third-order valence-corrected chi connectivity index (χ3v) is 4.39. The Hall–Kier alpha value is -1.75. The van der Waals surface area contributed by atoms with Crippen molar-refractivity contribution in [2.45, 2.75) is 12.5 Å². The number of halogens is 1. The smallest absolute Gasteiger partial charge is 0.123 e. The van der Waals surface area contributed by atoms with Gasteiger partial charge in [-0.15, -0.1) is 0 Å². The molecule has 1 heterocycles. The van der Waals surface area contributed by atoms with Gasteiger partial charge in [0.1, 0.15) is 11.9 Å². The quantitative estimate of drug-likeness (QED) is 0.790. The Morgan fingerprint density at radius 1 is 0.958 bits per heavy atom. The number of nitrogens with zero attached hydrogens (tertiary/aromatic N) is 1. The van der Waals surface area contributed by atoms with Gasteiger partial charge in [0, 0.05) is 39.3 Å². The van der Waals surface area contributed by atoms with Crippen molar-refractivity contribution in [1.29, 1.82) is 0 Å². The number of hydrogen-bond donors (Lipinski definition) is 1. The van der Waals surface area contributed by atoms with Gasteiger partial charge in [0.2, 0.25) is 0 Å². The van der Waals surface area contributed by atoms with Crippen LogP contribution in [0.5, 0.6) is 0 Å². The summed E-state index contributed by atoms with van der Waals surface area (Å²) in [7, 11) is 0. The second kappa shape index (κ2) is 8.92. The van der Waals surface area contributed by atoms with Gasteiger partial charge in [-0.05, 0) is 29.7 Å². The van der Waals surface area contributed by atoms with Gasteiger partial charge < -0.3 is 15.0 Å². The Labute approximate surface area is 143 Å². The zero-order valence-electron chi connectivity index (χ0n) is 14.0. The lowest BCUT2D eigenvalue weighted by atomic mass is 10.0. The standard InChI is InChI=1S/C20H25FN2O/c21-19-9-7-18(8-10-19)20(17-5-2-1-3-6-17)24-16-4-13-23-14-11-22-12-15-23/h1-3,5-10,20,22H,4,11-16H2. The number of rotatable bonds is 7. The zero-order valence-corrected chi connectivity index (χ0v) is 14.0. The minimum Gasteiger partial charge on any atom is -0.369 e. The number of benzene rings is 2. The van der Waals surface area contributed by atoms with Gasteiger partial charge >= 0.3 is 0 Å². The average Bonchev–Trinajstić information content (AvgIpc) is 2.64. The normalized spacial score (nSPS) is 16.9. The highest BCUT2D eigenvalue weighted by Gasteiger charge is 2.15. The summed E-state index contributed by atoms with van der Waals surface area (Å²) in [4.78, 5) is 2.47. The summed E-state index contributed by atoms with van der Waals surface area (Å²) in [6, 6.07) is 16.7. The van der Waals surface area contributed by atoms with E-state index in [-0.39, 0.29) is 11.9 Å². The Bertz CT molecular complexity index is 597. The molecule has 2 aromatic carbocycles. The van der Waals surface area contributed by atoms with Crippen LogP contribution < -0.4 is 5.32 Å². The molecule has 0 aliphatic carbocycles. The van der Waals surface area contributed by atoms with Crippen molar-refractivity contribution in [2.75, 3.05) is 39.3 Å². The highest BCUT2D eigenvalue weighted by Crippen LogP contribution is 2.26. The van der Waals surface area contributed by atoms with Crippen LogP contribution in [0.15, 0.2) is 54.6 Å². The molecule has 128 valence electrons. The molecule has 0 saturated carbocycles. The summed E-state index contributed by atoms with van der Waals surface area (Å²) in [6.07, 6.45) is 0.861. The van der Waals surface area contributed by atoms with Gasteiger partial charge in [-0.1, -0.05) is 42.5 Å². The van der Waals surface area contributed by atoms with Crippen LogP contribution in [0.1, 0.15) is 23.7 Å². The van der Waals surface area contributed by atoms with Gasteiger partial charge in [-0.3, -0.25) is 0 Å². The molecule has 24 heavy (non-hydrogen) atoms. The van der Waals surface area contributed by atoms with Crippen LogP contribution in [-0.2, 0) is 4.74 Å². The summed E-state index contributed by atoms with van der Waals surface area (Å²) in [5.74, 6) is -0.218. The van der Waals surface area contributed by atoms with E-state index in [1.165, 1.54) is 12.1 Å². The Morgan fingerprint density at radius 3 is 2.33 bits per heavy atom. The molecule has 0 spiro atoms. The van der Waals surface area contributed by atoms with E-state index in [0.717, 1.165) is 50.3 Å². The third kappa shape index (κ3) is 4.87. The van der Waals surface area contributed by atoms with E-state index < -0.39 is 0 Å². The van der Waals surface area contributed by atoms with Crippen LogP contribution in [0.2, 0.25) is 0 Å². The fraction of sp³-hybridized carbons (Fsp3) is 0.400. The van der Waals surface area contributed by atoms with Crippen molar-refractivity contribution in [3.05, 3.63) is 71.5 Å². The van der Waals surface area contributed by atoms with Crippen molar-refractivity contribution < 1.29 is 9.13 Å². The van der Waals surface area contributed by atoms with Gasteiger partial charge in [-0.2, -0.15) is 0 Å². The van der Waals surface area contributed by atoms with Crippen molar-refractivity contribution >= 4 is 0 Å². The average molecular weight is 328 g/mol. The lowest BCUT2D eigenvalue weighted by Gasteiger charge is -2.27. The molecule has 2 aromatic rings. The Kier molecular flexibility index (Phi) is 6.35. The third-order valence-electron chi connectivity index (χ3n) is 4.39. The first-order valence-corrected chi connectivity index (χ1v) is 8.68. The molecule has 3 rings (SSSR count). The topological polar surface area (TPSA) is 24.5 Å². The van der Waals surface area contributed by atoms with Crippen molar-refractivity contribution in [3.8, 4) is 0 Å². The number of ether oxygens (including phenoxy) is 1. The number of nitrogens with one attached hydrogen (secondary N) is 1. The molecule has 0 aromatic heterocycles. The van der Waals surface area contributed by atoms with Gasteiger partial charge in [-0.25, -0.2) is 4.39 Å². The van der Waals surface area contributed by atoms with Crippen LogP contribution in [0.3, 0.4) is 0 Å². The lowest BCUT2D eigenvalue weighted by molar-refractivity contribution is 0.0705. The van der Waals surface area contributed by atoms with Crippen LogP contribution in [0, 0.1) is 5.82 Å². The molecular weight excluding hydrogens is 303 g/mol. The van der Waals surface area contributed by atoms with Crippen molar-refractivity contribution in [3.63, 3.8) is 0 Å². The van der Waals surface area contributed by atoms with Crippen LogP contribution in [0.4, 0.5) is 4.39 Å². The first-order chi connectivity index (χ1) is 11.8. The van der Waals surface area contributed by atoms with Gasteiger partial charge in [0.15, 0.2) is 0 Å². The second-order valence-electron chi connectivity index (χ2n) is 6.16. The molecule has 1 fully saturated rings. The van der Waals surface area contributed by atoms with Crippen LogP contribution in [0.25, 0.3) is 0 Å². The van der Waals surface area contributed by atoms with E-state index in [2.05, 4.69) is 22.3 Å². The fourth-order valence-corrected chi connectivity index (χ4v) is 3.07. The molecule has 1 N–H and O–H groups in total. The predicted octanol–water partition coefficient (Wildman–Crippen LogP) is 3.23. The maximum absolute atomic E-state index is 13.2. The van der Waals surface area contributed by atoms with E-state index in [0.29, 0.717) is 6.61 Å². The minimum atomic E-state index is -0.218. The van der Waals surface area contributed by atoms with Gasteiger partial charge in [0.25, 0.3) is 0 Å². The SMILES string of the molecule is Fc1ccc(C(OCCCN2CCNCC2)c2ccccc2)cc1. The summed E-state index contributed by atoms with van der Waals surface area (Å²) in [5.41, 5.74) is 2.09. The first kappa shape index (κ1) is 17.1. The van der Waals surface area contributed by atoms with E-state index in [1.54, 1.807) is 0 Å². The Balaban J connectivity index is 1.59. The minimum absolute atomic E-state index is 0.144. The molecule has 1 atom stereocenters. The fourth-order valence-electron chi connectivity index (χ4n) is 3.07. The number of piperazine rings is 1. The molecule has 1 unspecified atom stereocenters. The lowest BCUT2D eigenvalue weighted by Crippen LogP contribution is -2.43. The molecule has 0 bridgehead atoms. The van der Waals surface area contributed by atoms with Crippen LogP contribution >= 0.6 is 0 Å². The molecular formula is C20H25FN2O. The van der Waals surface area contributed by atoms with E-state index in [4.69, 9.17) is 4.74 Å². The largest absolute Gasteiger partial charge is 0.369 e. The Morgan fingerprint density at radius 2 is 1.62 bits per heavy atom. The van der Waals surface area contributed by atoms with Crippen molar-refractivity contribution in [1.82, 2.24) is 10.2 Å². The monoisotopic (exact) mass is 328 g/mol. The van der Waals surface area contributed by atoms with Crippen molar-refractivity contribution in [2.24, 2.45) is 0 Å². The molecule has 0 amide bonds. The zero-order chi connectivity index (χ0) is 16.6. The molecule has 3 nitrogen and oxygen atoms in total. The summed E-state index contributed by atoms with van der Waals surface area (Å²) < 4.78 is 19.4. The molecule has 1 aliphatic heterocycles. The van der Waals surface area contributed by atoms with Crippen LogP contribution in [-0.4, -0.2) is 44.2 Å². The maximum atomic E-state index is 13.2. The van der Waals surface area contributed by atoms with E-state index in [9.17, 15) is 4.39 Å². The van der Waals surface area contributed by atoms with Gasteiger partial charge in [0.05, 0.1) is 0 Å².